The molecule has 7 rings (SSSR count). The van der Waals surface area contributed by atoms with Crippen molar-refractivity contribution in [3.63, 3.8) is 0 Å². The van der Waals surface area contributed by atoms with Crippen molar-refractivity contribution < 1.29 is 21.6 Å². The summed E-state index contributed by atoms with van der Waals surface area (Å²) in [4.78, 5) is 19.7. The molecular weight excluding hydrogens is 690 g/mol. The molecule has 14 nitrogen and oxygen atoms in total. The van der Waals surface area contributed by atoms with E-state index in [4.69, 9.17) is 21.7 Å². The number of amidine groups is 1. The van der Waals surface area contributed by atoms with E-state index in [0.29, 0.717) is 12.4 Å². The number of fused-ring (bicyclic) bond motifs is 1. The Bertz CT molecular complexity index is 2100. The number of carbonyl (C=O) groups excluding carboxylic acids is 1. The number of sulfonamides is 2. The molecule has 1 spiro atoms. The van der Waals surface area contributed by atoms with Gasteiger partial charge in [-0.3, -0.25) is 14.7 Å². The molecule has 1 saturated carbocycles. The molecule has 1 aromatic heterocycles. The molecule has 1 amide bonds. The number of halogens is 1. The molecule has 3 heterocycles. The number of aromatic nitrogens is 4. The minimum atomic E-state index is -4.07. The van der Waals surface area contributed by atoms with Gasteiger partial charge in [-0.15, -0.1) is 5.10 Å². The minimum absolute atomic E-state index is 0.0143. The number of hydrogen-bond donors (Lipinski definition) is 4. The van der Waals surface area contributed by atoms with Crippen LogP contribution in [0, 0.1) is 0 Å². The van der Waals surface area contributed by atoms with E-state index in [0.717, 1.165) is 79.1 Å². The SMILES string of the molecule is CCCCC1=NC2(CCCC2)C(=O)N1Cc1ccc(-c2ccccc2-c2nnn[nH]2)cc1.NS(=O)(=O)c1cc2c(cc1Cl)NCNS2(=O)=O. The van der Waals surface area contributed by atoms with E-state index in [1.165, 1.54) is 6.07 Å². The summed E-state index contributed by atoms with van der Waals surface area (Å²) in [5.74, 6) is 1.82. The highest BCUT2D eigenvalue weighted by Gasteiger charge is 2.49. The summed E-state index contributed by atoms with van der Waals surface area (Å²) >= 11 is 5.72. The minimum Gasteiger partial charge on any atom is -0.370 e. The standard InChI is InChI=1S/C25H28N6O.C7H8ClN3O4S2/c1-2-3-10-22-26-25(15-6-7-16-25)24(32)31(22)17-18-11-13-19(14-12-18)20-8-4-5-9-21(20)23-27-29-30-28-23;8-4-1-5-7(2-6(4)16(9,12)13)17(14,15)11-3-10-5/h4-5,8-9,11-14H,2-3,6-7,10,15-17H2,1H3,(H,27,28,29,30);1-2,10-11H,3H2,(H2,9,12,13). The third kappa shape index (κ3) is 7.23. The van der Waals surface area contributed by atoms with Gasteiger partial charge in [0.05, 0.1) is 23.9 Å². The summed E-state index contributed by atoms with van der Waals surface area (Å²) < 4.78 is 47.9. The van der Waals surface area contributed by atoms with Gasteiger partial charge in [0.25, 0.3) is 5.91 Å². The van der Waals surface area contributed by atoms with Crippen LogP contribution in [0.5, 0.6) is 0 Å². The summed E-state index contributed by atoms with van der Waals surface area (Å²) in [5.41, 5.74) is 3.97. The lowest BCUT2D eigenvalue weighted by Gasteiger charge is -2.23. The van der Waals surface area contributed by atoms with Gasteiger partial charge in [-0.25, -0.2) is 27.1 Å². The highest BCUT2D eigenvalue weighted by Crippen LogP contribution is 2.40. The topological polar surface area (TPSA) is 205 Å². The molecule has 0 atom stereocenters. The van der Waals surface area contributed by atoms with Crippen LogP contribution in [0.15, 0.2) is 75.4 Å². The number of nitrogens with zero attached hydrogens (tertiary/aromatic N) is 5. The first kappa shape index (κ1) is 34.6. The van der Waals surface area contributed by atoms with Crippen LogP contribution in [0.1, 0.15) is 57.4 Å². The lowest BCUT2D eigenvalue weighted by atomic mass is 9.97. The maximum absolute atomic E-state index is 13.4. The van der Waals surface area contributed by atoms with Crippen molar-refractivity contribution in [2.75, 3.05) is 12.0 Å². The Morgan fingerprint density at radius 2 is 1.76 bits per heavy atom. The second-order valence-corrected chi connectivity index (χ2v) is 15.8. The zero-order chi connectivity index (χ0) is 34.8. The smallest absolute Gasteiger partial charge is 0.256 e. The fraction of sp³-hybridized carbons (Fsp3) is 0.344. The number of H-pyrrole nitrogens is 1. The first-order valence-electron chi connectivity index (χ1n) is 15.8. The fourth-order valence-corrected chi connectivity index (χ4v) is 8.59. The third-order valence-corrected chi connectivity index (χ3v) is 11.6. The van der Waals surface area contributed by atoms with Gasteiger partial charge >= 0.3 is 0 Å². The van der Waals surface area contributed by atoms with Crippen LogP contribution in [-0.2, 0) is 31.4 Å². The molecule has 2 aliphatic heterocycles. The van der Waals surface area contributed by atoms with Gasteiger partial charge in [0.2, 0.25) is 20.0 Å². The summed E-state index contributed by atoms with van der Waals surface area (Å²) in [7, 11) is -7.80. The number of anilines is 1. The predicted molar refractivity (Wildman–Crippen MR) is 185 cm³/mol. The number of amides is 1. The van der Waals surface area contributed by atoms with Crippen LogP contribution < -0.4 is 15.2 Å². The van der Waals surface area contributed by atoms with Crippen LogP contribution in [0.2, 0.25) is 5.02 Å². The molecule has 5 N–H and O–H groups in total. The number of hydrogen-bond acceptors (Lipinski definition) is 10. The molecule has 49 heavy (non-hydrogen) atoms. The van der Waals surface area contributed by atoms with Gasteiger partial charge < -0.3 is 5.32 Å². The number of unbranched alkanes of at least 4 members (excludes halogenated alkanes) is 1. The van der Waals surface area contributed by atoms with Gasteiger partial charge in [-0.05, 0) is 58.5 Å². The zero-order valence-electron chi connectivity index (χ0n) is 26.7. The lowest BCUT2D eigenvalue weighted by molar-refractivity contribution is -0.131. The van der Waals surface area contributed by atoms with Crippen molar-refractivity contribution in [2.24, 2.45) is 10.1 Å². The number of primary sulfonamides is 1. The number of nitrogens with one attached hydrogen (secondary N) is 3. The Morgan fingerprint density at radius 3 is 2.41 bits per heavy atom. The summed E-state index contributed by atoms with van der Waals surface area (Å²) in [6, 6.07) is 18.6. The highest BCUT2D eigenvalue weighted by atomic mass is 35.5. The molecule has 0 bridgehead atoms. The quantitative estimate of drug-likeness (QED) is 0.203. The van der Waals surface area contributed by atoms with E-state index >= 15 is 0 Å². The van der Waals surface area contributed by atoms with E-state index in [1.807, 2.05) is 23.1 Å². The zero-order valence-corrected chi connectivity index (χ0v) is 29.1. The lowest BCUT2D eigenvalue weighted by Crippen LogP contribution is -2.40. The van der Waals surface area contributed by atoms with E-state index in [9.17, 15) is 21.6 Å². The molecule has 0 saturated heterocycles. The average Bonchev–Trinajstić information content (AvgIpc) is 3.83. The van der Waals surface area contributed by atoms with Crippen molar-refractivity contribution in [2.45, 2.75) is 73.7 Å². The largest absolute Gasteiger partial charge is 0.370 e. The van der Waals surface area contributed by atoms with Crippen LogP contribution in [0.25, 0.3) is 22.5 Å². The van der Waals surface area contributed by atoms with Gasteiger partial charge in [-0.2, -0.15) is 4.72 Å². The molecule has 258 valence electrons. The Hall–Kier alpha value is -4.22. The van der Waals surface area contributed by atoms with Crippen LogP contribution in [0.4, 0.5) is 5.69 Å². The van der Waals surface area contributed by atoms with Crippen molar-refractivity contribution in [3.8, 4) is 22.5 Å². The molecule has 3 aliphatic rings. The first-order chi connectivity index (χ1) is 23.4. The number of rotatable bonds is 8. The van der Waals surface area contributed by atoms with Crippen LogP contribution in [-0.4, -0.2) is 66.3 Å². The van der Waals surface area contributed by atoms with Gasteiger partial charge in [0.15, 0.2) is 5.82 Å². The number of aromatic amines is 1. The highest BCUT2D eigenvalue weighted by molar-refractivity contribution is 7.90. The average molecular weight is 726 g/mol. The van der Waals surface area contributed by atoms with Gasteiger partial charge in [0, 0.05) is 12.0 Å². The first-order valence-corrected chi connectivity index (χ1v) is 19.3. The predicted octanol–water partition coefficient (Wildman–Crippen LogP) is 4.43. The molecular formula is C32H36ClN9O5S2. The number of carbonyl (C=O) groups is 1. The number of aliphatic imine (C=N–C) groups is 1. The van der Waals surface area contributed by atoms with Crippen LogP contribution in [0.3, 0.4) is 0 Å². The monoisotopic (exact) mass is 725 g/mol. The van der Waals surface area contributed by atoms with Crippen molar-refractivity contribution in [3.05, 3.63) is 71.2 Å². The molecule has 0 unspecified atom stereocenters. The number of nitrogens with two attached hydrogens (primary N) is 1. The normalized spacial score (nSPS) is 17.7. The van der Waals surface area contributed by atoms with Crippen molar-refractivity contribution in [1.29, 1.82) is 0 Å². The summed E-state index contributed by atoms with van der Waals surface area (Å²) in [6.07, 6.45) is 7.01. The Labute approximate surface area is 289 Å². The summed E-state index contributed by atoms with van der Waals surface area (Å²) in [6.45, 7) is 2.77. The molecule has 3 aromatic carbocycles. The molecule has 0 radical (unpaired) electrons. The molecule has 1 aliphatic carbocycles. The Morgan fingerprint density at radius 1 is 1.04 bits per heavy atom. The third-order valence-electron chi connectivity index (χ3n) is 8.79. The van der Waals surface area contributed by atoms with E-state index in [2.05, 4.69) is 67.9 Å². The molecule has 4 aromatic rings. The van der Waals surface area contributed by atoms with E-state index in [1.54, 1.807) is 0 Å². The van der Waals surface area contributed by atoms with Crippen molar-refractivity contribution >= 4 is 49.1 Å². The summed E-state index contributed by atoms with van der Waals surface area (Å²) in [5, 5.41) is 21.8. The van der Waals surface area contributed by atoms with E-state index < -0.39 is 30.5 Å². The second-order valence-electron chi connectivity index (χ2n) is 12.1. The van der Waals surface area contributed by atoms with Crippen LogP contribution >= 0.6 is 11.6 Å². The Kier molecular flexibility index (Phi) is 9.86. The second kappa shape index (κ2) is 14.0. The fourth-order valence-electron chi connectivity index (χ4n) is 6.30. The number of tetrazole rings is 1. The molecule has 1 fully saturated rings. The Balaban J connectivity index is 0.000000207. The molecule has 17 heteroatoms. The maximum Gasteiger partial charge on any atom is 0.256 e. The van der Waals surface area contributed by atoms with Gasteiger partial charge in [0.1, 0.15) is 21.2 Å². The van der Waals surface area contributed by atoms with Gasteiger partial charge in [-0.1, -0.05) is 86.3 Å². The number of benzene rings is 3. The van der Waals surface area contributed by atoms with E-state index in [-0.39, 0.29) is 28.2 Å². The van der Waals surface area contributed by atoms with Crippen molar-refractivity contribution in [1.82, 2.24) is 30.2 Å². The maximum atomic E-state index is 13.4.